The number of phenols is 1. The van der Waals surface area contributed by atoms with Crippen LogP contribution in [0, 0.1) is 20.2 Å². The van der Waals surface area contributed by atoms with E-state index in [1.165, 1.54) is 94.1 Å². The van der Waals surface area contributed by atoms with E-state index in [0.717, 1.165) is 19.2 Å². The number of carbonyl (C=O) groups is 5. The van der Waals surface area contributed by atoms with Gasteiger partial charge in [-0.2, -0.15) is 0 Å². The fraction of sp³-hybridized carbons (Fsp3) is 0.121. The third-order valence-corrected chi connectivity index (χ3v) is 6.31. The first kappa shape index (κ1) is 53.3. The third kappa shape index (κ3) is 18.6. The van der Waals surface area contributed by atoms with Crippen LogP contribution in [0.25, 0.3) is 0 Å². The number of esters is 4. The van der Waals surface area contributed by atoms with Gasteiger partial charge >= 0.3 is 127 Å². The molecular formula is C33H29ClK2N2O17. The fourth-order valence-electron chi connectivity index (χ4n) is 3.50. The molecule has 282 valence electrons. The van der Waals surface area contributed by atoms with Crippen LogP contribution in [-0.4, -0.2) is 73.7 Å². The molecule has 0 saturated heterocycles. The Labute approximate surface area is 403 Å². The van der Waals surface area contributed by atoms with E-state index in [4.69, 9.17) is 31.5 Å². The molecule has 0 fully saturated rings. The van der Waals surface area contributed by atoms with Gasteiger partial charge in [-0.25, -0.2) is 19.2 Å². The van der Waals surface area contributed by atoms with Crippen molar-refractivity contribution in [1.82, 2.24) is 0 Å². The van der Waals surface area contributed by atoms with Crippen molar-refractivity contribution in [2.45, 2.75) is 0 Å². The molecule has 0 saturated carbocycles. The smallest absolute Gasteiger partial charge is 1.00 e. The second-order valence-corrected chi connectivity index (χ2v) is 9.60. The average molecular weight is 839 g/mol. The van der Waals surface area contributed by atoms with Gasteiger partial charge in [-0.3, -0.25) is 25.0 Å². The Bertz CT molecular complexity index is 1920. The predicted octanol–water partition coefficient (Wildman–Crippen LogP) is -1.27. The Hall–Kier alpha value is -3.85. The zero-order chi connectivity index (χ0) is 40.1. The van der Waals surface area contributed by atoms with Crippen LogP contribution < -0.4 is 113 Å². The molecule has 0 radical (unpaired) electrons. The average Bonchev–Trinajstić information content (AvgIpc) is 3.17. The monoisotopic (exact) mass is 838 g/mol. The molecule has 0 heterocycles. The van der Waals surface area contributed by atoms with E-state index >= 15 is 0 Å². The summed E-state index contributed by atoms with van der Waals surface area (Å²) >= 11 is 5.65. The summed E-state index contributed by atoms with van der Waals surface area (Å²) in [5.74, 6) is -1.78. The summed E-state index contributed by atoms with van der Waals surface area (Å²) in [6, 6.07) is 19.0. The number of nitro groups is 2. The van der Waals surface area contributed by atoms with E-state index in [0.29, 0.717) is 16.9 Å². The van der Waals surface area contributed by atoms with E-state index in [9.17, 15) is 39.4 Å². The minimum absolute atomic E-state index is 0. The maximum Gasteiger partial charge on any atom is 1.00 e. The van der Waals surface area contributed by atoms with Crippen molar-refractivity contribution in [2.75, 3.05) is 28.4 Å². The van der Waals surface area contributed by atoms with Crippen molar-refractivity contribution in [1.29, 1.82) is 0 Å². The van der Waals surface area contributed by atoms with Crippen molar-refractivity contribution < 1.29 is 177 Å². The van der Waals surface area contributed by atoms with Crippen LogP contribution >= 0.6 is 11.6 Å². The number of carbonyl (C=O) groups excluding carboxylic acids is 5. The quantitative estimate of drug-likeness (QED) is 0.0391. The van der Waals surface area contributed by atoms with Gasteiger partial charge in [0.1, 0.15) is 22.8 Å². The van der Waals surface area contributed by atoms with Gasteiger partial charge in [0, 0.05) is 24.3 Å². The van der Waals surface area contributed by atoms with Gasteiger partial charge < -0.3 is 40.4 Å². The van der Waals surface area contributed by atoms with Crippen molar-refractivity contribution in [2.24, 2.45) is 0 Å². The summed E-state index contributed by atoms with van der Waals surface area (Å²) in [6.07, 6.45) is 0. The number of nitro benzene ring substituents is 2. The zero-order valence-corrected chi connectivity index (χ0v) is 36.9. The molecule has 0 atom stereocenters. The molecule has 55 heavy (non-hydrogen) atoms. The SMILES string of the molecule is COC(=O)c1cc([N+](=O)[O-])ccc1Cl.COC(=O)c1ccc(O)cc1.COC(=O)c1ccc(Oc2ccc([N+](=O)[O-])cc2C(=O)OC)cc1.O=CO[O-].[H-].[K+].[K+]. The maximum absolute atomic E-state index is 11.8. The van der Waals surface area contributed by atoms with Crippen LogP contribution in [0.5, 0.6) is 17.2 Å². The molecule has 0 aliphatic carbocycles. The molecule has 0 aliphatic heterocycles. The number of halogens is 1. The summed E-state index contributed by atoms with van der Waals surface area (Å²) in [4.78, 5) is 76.3. The largest absolute Gasteiger partial charge is 1.00 e. The number of non-ortho nitro benzene ring substituents is 2. The summed E-state index contributed by atoms with van der Waals surface area (Å²) in [6.45, 7) is -0.181. The molecule has 19 nitrogen and oxygen atoms in total. The number of hydrogen-bond acceptors (Lipinski definition) is 17. The van der Waals surface area contributed by atoms with Crippen LogP contribution in [0.1, 0.15) is 42.9 Å². The Kier molecular flexibility index (Phi) is 27.6. The Morgan fingerprint density at radius 3 is 1.44 bits per heavy atom. The summed E-state index contributed by atoms with van der Waals surface area (Å²) < 4.78 is 23.6. The summed E-state index contributed by atoms with van der Waals surface area (Å²) in [7, 11) is 4.93. The number of methoxy groups -OCH3 is 4. The van der Waals surface area contributed by atoms with Gasteiger partial charge in [0.15, 0.2) is 0 Å². The van der Waals surface area contributed by atoms with Crippen LogP contribution in [0.2, 0.25) is 5.02 Å². The normalized spacial score (nSPS) is 8.98. The first-order chi connectivity index (χ1) is 25.2. The van der Waals surface area contributed by atoms with E-state index in [2.05, 4.69) is 23.8 Å². The fourth-order valence-corrected chi connectivity index (χ4v) is 3.70. The van der Waals surface area contributed by atoms with Gasteiger partial charge in [0.25, 0.3) is 17.8 Å². The number of hydrogen-bond donors (Lipinski definition) is 1. The molecule has 1 N–H and O–H groups in total. The van der Waals surface area contributed by atoms with Crippen LogP contribution in [-0.2, 0) is 28.6 Å². The zero-order valence-electron chi connectivity index (χ0n) is 30.9. The number of ether oxygens (including phenoxy) is 5. The van der Waals surface area contributed by atoms with Crippen molar-refractivity contribution in [3.05, 3.63) is 132 Å². The van der Waals surface area contributed by atoms with Crippen molar-refractivity contribution in [3.63, 3.8) is 0 Å². The molecule has 0 aliphatic rings. The first-order valence-corrected chi connectivity index (χ1v) is 14.4. The van der Waals surface area contributed by atoms with E-state index < -0.39 is 33.7 Å². The molecule has 22 heteroatoms. The van der Waals surface area contributed by atoms with Gasteiger partial charge in [-0.15, -0.1) is 0 Å². The molecule has 0 spiro atoms. The Morgan fingerprint density at radius 2 is 1.04 bits per heavy atom. The molecule has 0 aromatic heterocycles. The van der Waals surface area contributed by atoms with Crippen LogP contribution in [0.3, 0.4) is 0 Å². The number of aromatic hydroxyl groups is 1. The molecule has 4 aromatic carbocycles. The second kappa shape index (κ2) is 28.5. The minimum Gasteiger partial charge on any atom is -1.00 e. The topological polar surface area (TPSA) is 270 Å². The number of benzene rings is 4. The Morgan fingerprint density at radius 1 is 0.655 bits per heavy atom. The summed E-state index contributed by atoms with van der Waals surface area (Å²) in [5, 5.41) is 38.6. The van der Waals surface area contributed by atoms with E-state index in [-0.39, 0.29) is 150 Å². The molecule has 4 aromatic rings. The third-order valence-electron chi connectivity index (χ3n) is 5.98. The number of phenolic OH excluding ortho intramolecular Hbond substituents is 1. The van der Waals surface area contributed by atoms with Crippen molar-refractivity contribution in [3.8, 4) is 17.2 Å². The van der Waals surface area contributed by atoms with Gasteiger partial charge in [0.05, 0.1) is 60.0 Å². The molecular weight excluding hydrogens is 810 g/mol. The van der Waals surface area contributed by atoms with E-state index in [1.54, 1.807) is 0 Å². The molecule has 0 amide bonds. The number of rotatable bonds is 9. The second-order valence-electron chi connectivity index (χ2n) is 9.19. The van der Waals surface area contributed by atoms with Gasteiger partial charge in [-0.1, -0.05) is 11.6 Å². The van der Waals surface area contributed by atoms with Crippen LogP contribution in [0.15, 0.2) is 84.9 Å². The standard InChI is InChI=1S/C16H13NO7.C8H6ClNO4.C8H8O3.CH2O3.2K.H/c1-22-15(18)10-3-6-12(7-4-10)24-14-8-5-11(17(20)21)9-13(14)16(19)23-2;1-14-8(11)6-4-5(10(12)13)2-3-7(6)9;1-11-8(10)6-2-4-7(9)5-3-6;2-1-4-3;;;/h3-9H,1-2H3;2-4H,1H3;2-5,9H,1H3;1,3H;;;/q;;;;2*+1;-1/p-1. The van der Waals surface area contributed by atoms with Crippen LogP contribution in [0.4, 0.5) is 11.4 Å². The maximum atomic E-state index is 11.8. The predicted molar refractivity (Wildman–Crippen MR) is 179 cm³/mol. The molecule has 4 rings (SSSR count). The van der Waals surface area contributed by atoms with Crippen molar-refractivity contribution >= 4 is 53.3 Å². The molecule has 0 unspecified atom stereocenters. The Balaban J connectivity index is -0.000000751. The number of nitrogens with zero attached hydrogens (tertiary/aromatic N) is 2. The van der Waals surface area contributed by atoms with Gasteiger partial charge in [-0.05, 0) is 60.7 Å². The minimum atomic E-state index is -0.764. The summed E-state index contributed by atoms with van der Waals surface area (Å²) in [5.41, 5.74) is 0.220. The van der Waals surface area contributed by atoms with Gasteiger partial charge in [0.2, 0.25) is 0 Å². The molecule has 0 bridgehead atoms. The van der Waals surface area contributed by atoms with E-state index in [1.807, 2.05) is 0 Å². The first-order valence-electron chi connectivity index (χ1n) is 14.0.